The molecular weight excluding hydrogens is 440 g/mol. The first-order valence-corrected chi connectivity index (χ1v) is 11.4. The van der Waals surface area contributed by atoms with Gasteiger partial charge in [0.2, 0.25) is 5.91 Å². The van der Waals surface area contributed by atoms with E-state index in [9.17, 15) is 18.0 Å². The number of nitrogens with zero attached hydrogens (tertiary/aromatic N) is 5. The van der Waals surface area contributed by atoms with Crippen LogP contribution in [0.2, 0.25) is 0 Å². The number of fused-ring (bicyclic) bond motifs is 2. The van der Waals surface area contributed by atoms with Gasteiger partial charge in [-0.3, -0.25) is 9.59 Å². The van der Waals surface area contributed by atoms with E-state index in [1.165, 1.54) is 34.3 Å². The van der Waals surface area contributed by atoms with E-state index in [1.807, 2.05) is 24.3 Å². The molecule has 10 nitrogen and oxygen atoms in total. The molecule has 2 aromatic heterocycles. The van der Waals surface area contributed by atoms with Gasteiger partial charge in [0.25, 0.3) is 15.9 Å². The lowest BCUT2D eigenvalue weighted by Crippen LogP contribution is -2.29. The molecule has 0 saturated carbocycles. The van der Waals surface area contributed by atoms with Crippen LogP contribution in [0.1, 0.15) is 16.1 Å². The van der Waals surface area contributed by atoms with Crippen molar-refractivity contribution in [1.29, 1.82) is 0 Å². The third kappa shape index (κ3) is 3.45. The van der Waals surface area contributed by atoms with E-state index in [0.717, 1.165) is 14.5 Å². The molecule has 0 radical (unpaired) electrons. The first kappa shape index (κ1) is 19.3. The number of para-hydroxylation sites is 1. The summed E-state index contributed by atoms with van der Waals surface area (Å²) >= 11 is 1.36. The van der Waals surface area contributed by atoms with Crippen LogP contribution in [0.15, 0.2) is 59.6 Å². The van der Waals surface area contributed by atoms with Crippen molar-refractivity contribution in [3.8, 4) is 0 Å². The fraction of sp³-hybridized carbons (Fsp3) is 0.105. The zero-order valence-corrected chi connectivity index (χ0v) is 17.4. The third-order valence-electron chi connectivity index (χ3n) is 4.65. The summed E-state index contributed by atoms with van der Waals surface area (Å²) < 4.78 is 28.3. The van der Waals surface area contributed by atoms with Crippen molar-refractivity contribution < 1.29 is 18.0 Å². The van der Waals surface area contributed by atoms with Crippen LogP contribution in [-0.4, -0.2) is 44.5 Å². The average molecular weight is 454 g/mol. The first-order chi connectivity index (χ1) is 14.9. The number of rotatable bonds is 5. The van der Waals surface area contributed by atoms with E-state index in [-0.39, 0.29) is 35.1 Å². The molecule has 0 bridgehead atoms. The number of benzene rings is 2. The second-order valence-electron chi connectivity index (χ2n) is 6.76. The number of amides is 2. The zero-order valence-electron chi connectivity index (χ0n) is 15.8. The van der Waals surface area contributed by atoms with E-state index >= 15 is 0 Å². The van der Waals surface area contributed by atoms with Crippen molar-refractivity contribution in [3.05, 3.63) is 66.0 Å². The summed E-state index contributed by atoms with van der Waals surface area (Å²) in [5, 5.41) is 10.9. The molecule has 4 aromatic rings. The minimum absolute atomic E-state index is 0.0254. The summed E-state index contributed by atoms with van der Waals surface area (Å²) in [5.74, 6) is -0.966. The highest BCUT2D eigenvalue weighted by atomic mass is 32.2. The van der Waals surface area contributed by atoms with Gasteiger partial charge in [-0.25, -0.2) is 22.4 Å². The molecule has 1 aliphatic heterocycles. The number of anilines is 1. The van der Waals surface area contributed by atoms with E-state index in [4.69, 9.17) is 0 Å². The van der Waals surface area contributed by atoms with E-state index in [0.29, 0.717) is 5.13 Å². The van der Waals surface area contributed by atoms with Gasteiger partial charge < -0.3 is 5.32 Å². The number of nitrogens with one attached hydrogen (secondary N) is 1. The van der Waals surface area contributed by atoms with Gasteiger partial charge in [-0.1, -0.05) is 40.8 Å². The van der Waals surface area contributed by atoms with Gasteiger partial charge in [0, 0.05) is 0 Å². The number of aromatic nitrogens is 4. The lowest BCUT2D eigenvalue weighted by Gasteiger charge is -2.12. The Labute approximate surface area is 180 Å². The summed E-state index contributed by atoms with van der Waals surface area (Å²) in [6.45, 7) is -0.404. The molecule has 2 aromatic carbocycles. The topological polar surface area (TPSA) is 127 Å². The number of hydrogen-bond donors (Lipinski definition) is 1. The van der Waals surface area contributed by atoms with Crippen molar-refractivity contribution in [2.24, 2.45) is 0 Å². The SMILES string of the molecule is O=C(Cn1cc(CN2C(=O)c3ccccc3S2(=O)=O)nn1)Nc1nc2ccccc2s1. The molecular formula is C19H14N6O4S2. The Bertz CT molecular complexity index is 1410. The summed E-state index contributed by atoms with van der Waals surface area (Å²) in [7, 11) is -3.94. The number of thiazole rings is 1. The monoisotopic (exact) mass is 454 g/mol. The Morgan fingerprint density at radius 3 is 2.68 bits per heavy atom. The Morgan fingerprint density at radius 1 is 1.10 bits per heavy atom. The van der Waals surface area contributed by atoms with Crippen LogP contribution in [0.4, 0.5) is 5.13 Å². The quantitative estimate of drug-likeness (QED) is 0.488. The first-order valence-electron chi connectivity index (χ1n) is 9.12. The highest BCUT2D eigenvalue weighted by molar-refractivity contribution is 7.90. The minimum atomic E-state index is -3.94. The second-order valence-corrected chi connectivity index (χ2v) is 9.62. The molecule has 3 heterocycles. The second kappa shape index (κ2) is 7.25. The normalized spacial score (nSPS) is 14.7. The highest BCUT2D eigenvalue weighted by Gasteiger charge is 2.41. The average Bonchev–Trinajstić information content (AvgIpc) is 3.41. The van der Waals surface area contributed by atoms with Crippen molar-refractivity contribution >= 4 is 48.5 Å². The molecule has 31 heavy (non-hydrogen) atoms. The Hall–Kier alpha value is -3.64. The number of carbonyl (C=O) groups is 2. The van der Waals surface area contributed by atoms with Crippen molar-refractivity contribution in [1.82, 2.24) is 24.3 Å². The number of carbonyl (C=O) groups excluding carboxylic acids is 2. The minimum Gasteiger partial charge on any atom is -0.300 e. The molecule has 1 aliphatic rings. The zero-order chi connectivity index (χ0) is 21.6. The molecule has 0 fully saturated rings. The Kier molecular flexibility index (Phi) is 4.52. The summed E-state index contributed by atoms with van der Waals surface area (Å²) in [5.41, 5.74) is 1.17. The molecule has 0 unspecified atom stereocenters. The van der Waals surface area contributed by atoms with Gasteiger partial charge in [0.15, 0.2) is 5.13 Å². The predicted octanol–water partition coefficient (Wildman–Crippen LogP) is 1.87. The van der Waals surface area contributed by atoms with Crippen molar-refractivity contribution in [3.63, 3.8) is 0 Å². The van der Waals surface area contributed by atoms with Gasteiger partial charge in [-0.15, -0.1) is 5.10 Å². The van der Waals surface area contributed by atoms with Crippen LogP contribution in [0.5, 0.6) is 0 Å². The fourth-order valence-electron chi connectivity index (χ4n) is 3.25. The maximum Gasteiger partial charge on any atom is 0.269 e. The molecule has 5 rings (SSSR count). The molecule has 2 amide bonds. The lowest BCUT2D eigenvalue weighted by atomic mass is 10.2. The van der Waals surface area contributed by atoms with Crippen LogP contribution in [-0.2, 0) is 27.9 Å². The van der Waals surface area contributed by atoms with Gasteiger partial charge in [0.1, 0.15) is 17.1 Å². The highest BCUT2D eigenvalue weighted by Crippen LogP contribution is 2.31. The molecule has 0 aliphatic carbocycles. The van der Waals surface area contributed by atoms with Crippen LogP contribution in [0.3, 0.4) is 0 Å². The van der Waals surface area contributed by atoms with Gasteiger partial charge in [0.05, 0.1) is 28.5 Å². The largest absolute Gasteiger partial charge is 0.300 e. The van der Waals surface area contributed by atoms with E-state index in [1.54, 1.807) is 12.1 Å². The molecule has 156 valence electrons. The predicted molar refractivity (Wildman–Crippen MR) is 112 cm³/mol. The molecule has 0 saturated heterocycles. The van der Waals surface area contributed by atoms with Gasteiger partial charge >= 0.3 is 0 Å². The van der Waals surface area contributed by atoms with Gasteiger partial charge in [-0.05, 0) is 24.3 Å². The maximum absolute atomic E-state index is 12.6. The van der Waals surface area contributed by atoms with Crippen LogP contribution >= 0.6 is 11.3 Å². The smallest absolute Gasteiger partial charge is 0.269 e. The Balaban J connectivity index is 1.27. The summed E-state index contributed by atoms with van der Waals surface area (Å²) in [6.07, 6.45) is 1.43. The molecule has 1 N–H and O–H groups in total. The van der Waals surface area contributed by atoms with E-state index < -0.39 is 15.9 Å². The summed E-state index contributed by atoms with van der Waals surface area (Å²) in [4.78, 5) is 29.1. The third-order valence-corrected chi connectivity index (χ3v) is 7.39. The molecule has 0 spiro atoms. The number of sulfonamides is 1. The molecule has 12 heteroatoms. The number of hydrogen-bond acceptors (Lipinski definition) is 8. The standard InChI is InChI=1S/C19H14N6O4S2/c26-17(21-19-20-14-6-2-3-7-15(14)30-19)11-24-9-12(22-23-24)10-25-18(27)13-5-1-4-8-16(13)31(25,28)29/h1-9H,10-11H2,(H,20,21,26). The van der Waals surface area contributed by atoms with Gasteiger partial charge in [-0.2, -0.15) is 0 Å². The van der Waals surface area contributed by atoms with Crippen LogP contribution in [0.25, 0.3) is 10.2 Å². The Morgan fingerprint density at radius 2 is 1.87 bits per heavy atom. The lowest BCUT2D eigenvalue weighted by molar-refractivity contribution is -0.116. The van der Waals surface area contributed by atoms with Crippen molar-refractivity contribution in [2.75, 3.05) is 5.32 Å². The van der Waals surface area contributed by atoms with Crippen molar-refractivity contribution in [2.45, 2.75) is 18.0 Å². The van der Waals surface area contributed by atoms with Crippen LogP contribution < -0.4 is 5.32 Å². The molecule has 0 atom stereocenters. The maximum atomic E-state index is 12.6. The van der Waals surface area contributed by atoms with E-state index in [2.05, 4.69) is 20.6 Å². The summed E-state index contributed by atoms with van der Waals surface area (Å²) in [6, 6.07) is 13.6. The van der Waals surface area contributed by atoms with Crippen LogP contribution in [0, 0.1) is 0 Å². The fourth-order valence-corrected chi connectivity index (χ4v) is 5.68.